The molecule has 190 valence electrons. The molecule has 3 aromatic carbocycles. The van der Waals surface area contributed by atoms with Crippen LogP contribution in [0.15, 0.2) is 66.2 Å². The molecule has 4 rings (SSSR count). The third kappa shape index (κ3) is 4.65. The molecule has 8 heteroatoms. The molecule has 1 heterocycles. The number of para-hydroxylation sites is 1. The summed E-state index contributed by atoms with van der Waals surface area (Å²) in [5.74, 6) is -1.85. The summed E-state index contributed by atoms with van der Waals surface area (Å²) in [5, 5.41) is 20.7. The van der Waals surface area contributed by atoms with E-state index in [1.165, 1.54) is 24.1 Å². The van der Waals surface area contributed by atoms with Crippen LogP contribution in [-0.2, 0) is 16.1 Å². The first kappa shape index (κ1) is 25.5. The van der Waals surface area contributed by atoms with Crippen LogP contribution in [0.25, 0.3) is 5.76 Å². The molecular formula is C29H27NO7. The van der Waals surface area contributed by atoms with Crippen molar-refractivity contribution in [2.45, 2.75) is 26.4 Å². The number of ketones is 1. The Balaban J connectivity index is 1.90. The van der Waals surface area contributed by atoms with Crippen LogP contribution in [-0.4, -0.2) is 47.0 Å². The van der Waals surface area contributed by atoms with E-state index in [2.05, 4.69) is 0 Å². The number of aliphatic hydroxyl groups excluding tert-OH is 1. The van der Waals surface area contributed by atoms with E-state index in [0.717, 1.165) is 5.56 Å². The van der Waals surface area contributed by atoms with Crippen molar-refractivity contribution in [1.29, 1.82) is 0 Å². The second-order valence-electron chi connectivity index (χ2n) is 8.81. The number of methoxy groups -OCH3 is 2. The number of likely N-dealkylation sites (tertiary alicyclic amines) is 1. The second-order valence-corrected chi connectivity index (χ2v) is 8.81. The average Bonchev–Trinajstić information content (AvgIpc) is 3.14. The van der Waals surface area contributed by atoms with Gasteiger partial charge in [-0.25, -0.2) is 4.79 Å². The fourth-order valence-corrected chi connectivity index (χ4v) is 4.62. The molecule has 37 heavy (non-hydrogen) atoms. The van der Waals surface area contributed by atoms with Crippen molar-refractivity contribution in [2.24, 2.45) is 0 Å². The van der Waals surface area contributed by atoms with Gasteiger partial charge in [0.05, 0.1) is 31.4 Å². The maximum Gasteiger partial charge on any atom is 0.335 e. The van der Waals surface area contributed by atoms with Gasteiger partial charge in [0.1, 0.15) is 17.3 Å². The first-order chi connectivity index (χ1) is 17.7. The topological polar surface area (TPSA) is 113 Å². The summed E-state index contributed by atoms with van der Waals surface area (Å²) in [7, 11) is 3.05. The molecule has 1 amide bonds. The molecule has 0 aliphatic carbocycles. The molecule has 0 saturated carbocycles. The summed E-state index contributed by atoms with van der Waals surface area (Å²) < 4.78 is 10.9. The van der Waals surface area contributed by atoms with Gasteiger partial charge in [0.25, 0.3) is 11.7 Å². The minimum atomic E-state index is -1.06. The van der Waals surface area contributed by atoms with E-state index in [9.17, 15) is 24.6 Å². The van der Waals surface area contributed by atoms with E-state index in [1.54, 1.807) is 62.6 Å². The summed E-state index contributed by atoms with van der Waals surface area (Å²) in [5.41, 5.74) is 3.08. The molecule has 1 aliphatic heterocycles. The molecular weight excluding hydrogens is 474 g/mol. The zero-order valence-electron chi connectivity index (χ0n) is 20.9. The highest BCUT2D eigenvalue weighted by molar-refractivity contribution is 6.46. The fraction of sp³-hybridized carbons (Fsp3) is 0.207. The monoisotopic (exact) mass is 501 g/mol. The number of ether oxygens (including phenoxy) is 2. The first-order valence-electron chi connectivity index (χ1n) is 11.6. The minimum Gasteiger partial charge on any atom is -0.507 e. The SMILES string of the molecule is COc1cc(C)c(/C(O)=C2\C(=O)C(=O)N(Cc3ccc(C(=O)O)cc3)C2c2ccccc2OC)cc1C. The number of rotatable bonds is 7. The van der Waals surface area contributed by atoms with Gasteiger partial charge >= 0.3 is 5.97 Å². The van der Waals surface area contributed by atoms with Crippen molar-refractivity contribution >= 4 is 23.4 Å². The first-order valence-corrected chi connectivity index (χ1v) is 11.6. The van der Waals surface area contributed by atoms with Gasteiger partial charge in [-0.1, -0.05) is 30.3 Å². The fourth-order valence-electron chi connectivity index (χ4n) is 4.62. The summed E-state index contributed by atoms with van der Waals surface area (Å²) in [6, 6.07) is 15.6. The molecule has 8 nitrogen and oxygen atoms in total. The van der Waals surface area contributed by atoms with E-state index in [-0.39, 0.29) is 23.4 Å². The number of amides is 1. The third-order valence-corrected chi connectivity index (χ3v) is 6.52. The normalized spacial score (nSPS) is 16.6. The lowest BCUT2D eigenvalue weighted by atomic mass is 9.92. The molecule has 1 atom stereocenters. The van der Waals surface area contributed by atoms with Gasteiger partial charge in [0, 0.05) is 17.7 Å². The van der Waals surface area contributed by atoms with Crippen LogP contribution in [0.1, 0.15) is 44.2 Å². The van der Waals surface area contributed by atoms with Crippen molar-refractivity contribution in [3.8, 4) is 11.5 Å². The number of Topliss-reactive ketones (excluding diaryl/α,β-unsaturated/α-hetero) is 1. The Morgan fingerprint density at radius 2 is 1.54 bits per heavy atom. The second kappa shape index (κ2) is 10.2. The number of aryl methyl sites for hydroxylation is 2. The smallest absolute Gasteiger partial charge is 0.335 e. The number of carboxylic acid groups (broad SMARTS) is 1. The highest BCUT2D eigenvalue weighted by Gasteiger charge is 2.47. The molecule has 0 bridgehead atoms. The average molecular weight is 502 g/mol. The minimum absolute atomic E-state index is 0.0184. The lowest BCUT2D eigenvalue weighted by Crippen LogP contribution is -2.29. The molecule has 0 spiro atoms. The van der Waals surface area contributed by atoms with E-state index in [1.807, 2.05) is 6.92 Å². The highest BCUT2D eigenvalue weighted by Crippen LogP contribution is 2.44. The Labute approximate surface area is 214 Å². The van der Waals surface area contributed by atoms with E-state index in [4.69, 9.17) is 9.47 Å². The number of carbonyl (C=O) groups excluding carboxylic acids is 2. The molecule has 2 N–H and O–H groups in total. The number of benzene rings is 3. The van der Waals surface area contributed by atoms with Crippen molar-refractivity contribution in [3.05, 3.63) is 99.6 Å². The van der Waals surface area contributed by atoms with E-state index >= 15 is 0 Å². The van der Waals surface area contributed by atoms with Crippen molar-refractivity contribution in [2.75, 3.05) is 14.2 Å². The zero-order valence-corrected chi connectivity index (χ0v) is 20.9. The molecule has 1 unspecified atom stereocenters. The van der Waals surface area contributed by atoms with Crippen molar-refractivity contribution < 1.29 is 34.1 Å². The van der Waals surface area contributed by atoms with Crippen LogP contribution in [0, 0.1) is 13.8 Å². The largest absolute Gasteiger partial charge is 0.507 e. The standard InChI is InChI=1S/C29H27NO7/c1-16-14-23(37-4)17(2)13-21(16)26(31)24-25(20-7-5-6-8-22(20)36-3)30(28(33)27(24)32)15-18-9-11-19(12-10-18)29(34)35/h5-14,25,31H,15H2,1-4H3,(H,34,35)/b26-24+. The Morgan fingerprint density at radius 3 is 2.16 bits per heavy atom. The van der Waals surface area contributed by atoms with Gasteiger partial charge < -0.3 is 24.6 Å². The zero-order chi connectivity index (χ0) is 26.9. The Kier molecular flexibility index (Phi) is 7.02. The molecule has 1 aliphatic rings. The van der Waals surface area contributed by atoms with Crippen LogP contribution in [0.4, 0.5) is 0 Å². The number of hydrogen-bond donors (Lipinski definition) is 2. The summed E-state index contributed by atoms with van der Waals surface area (Å²) >= 11 is 0. The van der Waals surface area contributed by atoms with Crippen LogP contribution in [0.3, 0.4) is 0 Å². The molecule has 1 saturated heterocycles. The Morgan fingerprint density at radius 1 is 0.892 bits per heavy atom. The van der Waals surface area contributed by atoms with Crippen LogP contribution in [0.2, 0.25) is 0 Å². The van der Waals surface area contributed by atoms with Crippen LogP contribution in [0.5, 0.6) is 11.5 Å². The molecule has 1 fully saturated rings. The molecule has 3 aromatic rings. The van der Waals surface area contributed by atoms with Crippen molar-refractivity contribution in [3.63, 3.8) is 0 Å². The van der Waals surface area contributed by atoms with Gasteiger partial charge in [-0.3, -0.25) is 9.59 Å². The quantitative estimate of drug-likeness (QED) is 0.275. The summed E-state index contributed by atoms with van der Waals surface area (Å²) in [6.07, 6.45) is 0. The summed E-state index contributed by atoms with van der Waals surface area (Å²) in [4.78, 5) is 39.4. The number of aliphatic hydroxyl groups is 1. The van der Waals surface area contributed by atoms with Crippen molar-refractivity contribution in [1.82, 2.24) is 4.90 Å². The number of aromatic carboxylic acids is 1. The third-order valence-electron chi connectivity index (χ3n) is 6.52. The predicted octanol–water partition coefficient (Wildman–Crippen LogP) is 4.64. The van der Waals surface area contributed by atoms with Crippen LogP contribution < -0.4 is 9.47 Å². The van der Waals surface area contributed by atoms with Gasteiger partial charge in [0.15, 0.2) is 0 Å². The van der Waals surface area contributed by atoms with Gasteiger partial charge in [0.2, 0.25) is 0 Å². The Hall–Kier alpha value is -4.59. The highest BCUT2D eigenvalue weighted by atomic mass is 16.5. The Bertz CT molecular complexity index is 1420. The molecule has 0 aromatic heterocycles. The van der Waals surface area contributed by atoms with E-state index in [0.29, 0.717) is 33.8 Å². The lowest BCUT2D eigenvalue weighted by Gasteiger charge is -2.27. The van der Waals surface area contributed by atoms with Crippen LogP contribution >= 0.6 is 0 Å². The lowest BCUT2D eigenvalue weighted by molar-refractivity contribution is -0.140. The number of carbonyl (C=O) groups is 3. The van der Waals surface area contributed by atoms with Gasteiger partial charge in [-0.2, -0.15) is 0 Å². The number of nitrogens with zero attached hydrogens (tertiary/aromatic N) is 1. The predicted molar refractivity (Wildman–Crippen MR) is 137 cm³/mol. The van der Waals surface area contributed by atoms with Gasteiger partial charge in [-0.05, 0) is 60.9 Å². The van der Waals surface area contributed by atoms with E-state index < -0.39 is 23.7 Å². The molecule has 0 radical (unpaired) electrons. The number of hydrogen-bond acceptors (Lipinski definition) is 6. The van der Waals surface area contributed by atoms with Gasteiger partial charge in [-0.15, -0.1) is 0 Å². The maximum absolute atomic E-state index is 13.4. The maximum atomic E-state index is 13.4. The number of carboxylic acids is 1. The summed E-state index contributed by atoms with van der Waals surface area (Å²) in [6.45, 7) is 3.63.